The normalized spacial score (nSPS) is 10.3. The zero-order chi connectivity index (χ0) is 14.9. The Kier molecular flexibility index (Phi) is 3.96. The zero-order valence-corrected chi connectivity index (χ0v) is 11.4. The van der Waals surface area contributed by atoms with E-state index in [4.69, 9.17) is 28.9 Å². The fourth-order valence-corrected chi connectivity index (χ4v) is 1.89. The van der Waals surface area contributed by atoms with Crippen molar-refractivity contribution in [1.29, 1.82) is 0 Å². The van der Waals surface area contributed by atoms with Gasteiger partial charge in [-0.2, -0.15) is 0 Å². The molecule has 0 aliphatic carbocycles. The Morgan fingerprint density at radius 2 is 1.85 bits per heavy atom. The molecule has 0 heterocycles. The number of nitrogen functional groups attached to an aromatic ring is 1. The van der Waals surface area contributed by atoms with Crippen LogP contribution in [-0.4, -0.2) is 4.92 Å². The maximum absolute atomic E-state index is 13.5. The molecule has 0 unspecified atom stereocenters. The van der Waals surface area contributed by atoms with E-state index in [1.807, 2.05) is 0 Å². The molecule has 5 nitrogen and oxygen atoms in total. The highest BCUT2D eigenvalue weighted by Gasteiger charge is 2.18. The first-order chi connectivity index (χ1) is 9.38. The summed E-state index contributed by atoms with van der Waals surface area (Å²) >= 11 is 11.5. The summed E-state index contributed by atoms with van der Waals surface area (Å²) < 4.78 is 13.5. The molecule has 0 aliphatic heterocycles. The van der Waals surface area contributed by atoms with Crippen LogP contribution in [0.1, 0.15) is 0 Å². The average Bonchev–Trinajstić information content (AvgIpc) is 2.37. The second-order valence-corrected chi connectivity index (χ2v) is 4.72. The smallest absolute Gasteiger partial charge is 0.294 e. The third-order valence-electron chi connectivity index (χ3n) is 2.50. The van der Waals surface area contributed by atoms with Gasteiger partial charge in [0.1, 0.15) is 11.5 Å². The minimum absolute atomic E-state index is 0.0654. The predicted molar refractivity (Wildman–Crippen MR) is 77.2 cm³/mol. The van der Waals surface area contributed by atoms with Crippen molar-refractivity contribution >= 4 is 46.0 Å². The van der Waals surface area contributed by atoms with Gasteiger partial charge in [0.15, 0.2) is 0 Å². The first-order valence-electron chi connectivity index (χ1n) is 5.34. The van der Waals surface area contributed by atoms with Gasteiger partial charge in [0.05, 0.1) is 20.7 Å². The van der Waals surface area contributed by atoms with Crippen LogP contribution < -0.4 is 11.1 Å². The van der Waals surface area contributed by atoms with Gasteiger partial charge in [-0.15, -0.1) is 0 Å². The van der Waals surface area contributed by atoms with E-state index in [0.29, 0.717) is 16.4 Å². The Bertz CT molecular complexity index is 695. The summed E-state index contributed by atoms with van der Waals surface area (Å²) in [4.78, 5) is 10.3. The van der Waals surface area contributed by atoms with Crippen LogP contribution in [0.4, 0.5) is 27.1 Å². The standard InChI is InChI=1S/C12H8Cl2FN3O2/c13-7-2-1-6(16)3-10(7)17-11-5-9(15)8(14)4-12(11)18(19)20/h1-5,17H,16H2. The number of rotatable bonds is 3. The van der Waals surface area contributed by atoms with E-state index in [1.54, 1.807) is 6.07 Å². The molecule has 0 amide bonds. The van der Waals surface area contributed by atoms with Crippen LogP contribution >= 0.6 is 23.2 Å². The fourth-order valence-electron chi connectivity index (χ4n) is 1.57. The van der Waals surface area contributed by atoms with Crippen LogP contribution in [0.15, 0.2) is 30.3 Å². The summed E-state index contributed by atoms with van der Waals surface area (Å²) in [6.45, 7) is 0. The molecule has 0 fully saturated rings. The molecule has 0 aromatic heterocycles. The molecular weight excluding hydrogens is 308 g/mol. The molecule has 0 bridgehead atoms. The number of anilines is 3. The van der Waals surface area contributed by atoms with E-state index in [2.05, 4.69) is 5.32 Å². The van der Waals surface area contributed by atoms with E-state index >= 15 is 0 Å². The Morgan fingerprint density at radius 3 is 2.50 bits per heavy atom. The summed E-state index contributed by atoms with van der Waals surface area (Å²) in [6.07, 6.45) is 0. The number of hydrogen-bond acceptors (Lipinski definition) is 4. The van der Waals surface area contributed by atoms with Crippen molar-refractivity contribution in [2.75, 3.05) is 11.1 Å². The summed E-state index contributed by atoms with van der Waals surface area (Å²) in [7, 11) is 0. The molecule has 2 aromatic carbocycles. The summed E-state index contributed by atoms with van der Waals surface area (Å²) in [5.41, 5.74) is 5.92. The predicted octanol–water partition coefficient (Wildman–Crippen LogP) is 4.37. The molecule has 0 spiro atoms. The summed E-state index contributed by atoms with van der Waals surface area (Å²) in [6, 6.07) is 6.44. The first kappa shape index (κ1) is 14.4. The van der Waals surface area contributed by atoms with Crippen LogP contribution in [0.2, 0.25) is 10.0 Å². The molecule has 2 aromatic rings. The van der Waals surface area contributed by atoms with Crippen molar-refractivity contribution in [2.45, 2.75) is 0 Å². The minimum atomic E-state index is -0.778. The Balaban J connectivity index is 2.50. The lowest BCUT2D eigenvalue weighted by atomic mass is 10.2. The minimum Gasteiger partial charge on any atom is -0.399 e. The van der Waals surface area contributed by atoms with E-state index in [9.17, 15) is 14.5 Å². The quantitative estimate of drug-likeness (QED) is 0.500. The van der Waals surface area contributed by atoms with Gasteiger partial charge in [0.2, 0.25) is 0 Å². The number of nitrogens with zero attached hydrogens (tertiary/aromatic N) is 1. The molecule has 0 radical (unpaired) electrons. The average molecular weight is 316 g/mol. The van der Waals surface area contributed by atoms with E-state index < -0.39 is 10.7 Å². The van der Waals surface area contributed by atoms with Crippen molar-refractivity contribution in [2.24, 2.45) is 0 Å². The molecule has 0 aliphatic rings. The first-order valence-corrected chi connectivity index (χ1v) is 6.09. The highest BCUT2D eigenvalue weighted by molar-refractivity contribution is 6.33. The van der Waals surface area contributed by atoms with Crippen molar-refractivity contribution < 1.29 is 9.31 Å². The van der Waals surface area contributed by atoms with Crippen molar-refractivity contribution in [1.82, 2.24) is 0 Å². The van der Waals surface area contributed by atoms with Gasteiger partial charge in [-0.05, 0) is 18.2 Å². The zero-order valence-electron chi connectivity index (χ0n) is 9.86. The van der Waals surface area contributed by atoms with Gasteiger partial charge in [-0.3, -0.25) is 10.1 Å². The second kappa shape index (κ2) is 5.52. The van der Waals surface area contributed by atoms with Crippen LogP contribution in [0.3, 0.4) is 0 Å². The maximum Gasteiger partial charge on any atom is 0.294 e. The number of halogens is 3. The number of nitro benzene ring substituents is 1. The van der Waals surface area contributed by atoms with E-state index in [1.165, 1.54) is 12.1 Å². The lowest BCUT2D eigenvalue weighted by Gasteiger charge is -2.10. The molecule has 0 saturated carbocycles. The Hall–Kier alpha value is -2.05. The van der Waals surface area contributed by atoms with Crippen molar-refractivity contribution in [3.63, 3.8) is 0 Å². The molecule has 104 valence electrons. The maximum atomic E-state index is 13.5. The number of benzene rings is 2. The van der Waals surface area contributed by atoms with E-state index in [0.717, 1.165) is 12.1 Å². The largest absolute Gasteiger partial charge is 0.399 e. The fraction of sp³-hybridized carbons (Fsp3) is 0. The lowest BCUT2D eigenvalue weighted by Crippen LogP contribution is -1.99. The van der Waals surface area contributed by atoms with Gasteiger partial charge in [-0.25, -0.2) is 4.39 Å². The van der Waals surface area contributed by atoms with Crippen LogP contribution in [-0.2, 0) is 0 Å². The van der Waals surface area contributed by atoms with Gasteiger partial charge >= 0.3 is 0 Å². The summed E-state index contributed by atoms with van der Waals surface area (Å²) in [5.74, 6) is -0.778. The highest BCUT2D eigenvalue weighted by Crippen LogP contribution is 2.35. The molecule has 3 N–H and O–H groups in total. The number of nitrogens with one attached hydrogen (secondary N) is 1. The van der Waals surface area contributed by atoms with E-state index in [-0.39, 0.29) is 16.4 Å². The summed E-state index contributed by atoms with van der Waals surface area (Å²) in [5, 5.41) is 13.6. The Morgan fingerprint density at radius 1 is 1.15 bits per heavy atom. The SMILES string of the molecule is Nc1ccc(Cl)c(Nc2cc(F)c(Cl)cc2[N+](=O)[O-])c1. The van der Waals surface area contributed by atoms with Gasteiger partial charge in [0, 0.05) is 17.8 Å². The second-order valence-electron chi connectivity index (χ2n) is 3.90. The molecule has 20 heavy (non-hydrogen) atoms. The van der Waals surface area contributed by atoms with Gasteiger partial charge in [0.25, 0.3) is 5.69 Å². The topological polar surface area (TPSA) is 81.2 Å². The van der Waals surface area contributed by atoms with Crippen LogP contribution in [0, 0.1) is 15.9 Å². The monoisotopic (exact) mass is 315 g/mol. The Labute approximate surface area is 123 Å². The molecular formula is C12H8Cl2FN3O2. The molecule has 8 heteroatoms. The number of hydrogen-bond donors (Lipinski definition) is 2. The van der Waals surface area contributed by atoms with Crippen molar-refractivity contribution in [3.8, 4) is 0 Å². The van der Waals surface area contributed by atoms with Gasteiger partial charge < -0.3 is 11.1 Å². The van der Waals surface area contributed by atoms with Gasteiger partial charge in [-0.1, -0.05) is 23.2 Å². The van der Waals surface area contributed by atoms with Crippen molar-refractivity contribution in [3.05, 3.63) is 56.3 Å². The third-order valence-corrected chi connectivity index (χ3v) is 3.11. The third kappa shape index (κ3) is 2.92. The molecule has 0 saturated heterocycles. The van der Waals surface area contributed by atoms with Crippen LogP contribution in [0.25, 0.3) is 0 Å². The highest BCUT2D eigenvalue weighted by atomic mass is 35.5. The number of nitro groups is 1. The van der Waals surface area contributed by atoms with Crippen LogP contribution in [0.5, 0.6) is 0 Å². The number of nitrogens with two attached hydrogens (primary N) is 1. The molecule has 0 atom stereocenters. The lowest BCUT2D eigenvalue weighted by molar-refractivity contribution is -0.383. The molecule has 2 rings (SSSR count).